The smallest absolute Gasteiger partial charge is 0.126 e. The van der Waals surface area contributed by atoms with Crippen molar-refractivity contribution >= 4 is 5.78 Å². The highest BCUT2D eigenvalue weighted by atomic mass is 16.3. The highest BCUT2D eigenvalue weighted by Gasteiger charge is 1.74. The molecule has 0 radical (unpaired) electrons. The lowest BCUT2D eigenvalue weighted by atomic mass is 10.3. The lowest BCUT2D eigenvalue weighted by Crippen LogP contribution is -1.69. The highest BCUT2D eigenvalue weighted by molar-refractivity contribution is 5.72. The quantitative estimate of drug-likeness (QED) is 0.670. The molecular formula is C11H18O3. The Balaban J connectivity index is 0. The molecule has 0 fully saturated rings. The van der Waals surface area contributed by atoms with Gasteiger partial charge >= 0.3 is 0 Å². The van der Waals surface area contributed by atoms with Crippen molar-refractivity contribution in [2.24, 2.45) is 0 Å². The molecule has 0 heterocycles. The second-order valence-electron chi connectivity index (χ2n) is 2.56. The van der Waals surface area contributed by atoms with Crippen LogP contribution in [-0.2, 0) is 4.79 Å². The van der Waals surface area contributed by atoms with Crippen LogP contribution in [0.3, 0.4) is 0 Å². The van der Waals surface area contributed by atoms with Gasteiger partial charge in [-0.05, 0) is 32.9 Å². The van der Waals surface area contributed by atoms with E-state index in [0.717, 1.165) is 0 Å². The average Bonchev–Trinajstić information content (AvgIpc) is 2.05. The topological polar surface area (TPSA) is 57.5 Å². The number of benzene rings is 1. The number of para-hydroxylation sites is 1. The van der Waals surface area contributed by atoms with E-state index in [1.165, 1.54) is 13.8 Å². The van der Waals surface area contributed by atoms with Gasteiger partial charge in [0.25, 0.3) is 0 Å². The van der Waals surface area contributed by atoms with Gasteiger partial charge in [-0.25, -0.2) is 0 Å². The summed E-state index contributed by atoms with van der Waals surface area (Å²) in [6.45, 7) is 4.99. The number of phenols is 1. The monoisotopic (exact) mass is 198 g/mol. The molecule has 0 bridgehead atoms. The van der Waals surface area contributed by atoms with Crippen LogP contribution in [0.2, 0.25) is 0 Å². The lowest BCUT2D eigenvalue weighted by molar-refractivity contribution is -0.114. The summed E-state index contributed by atoms with van der Waals surface area (Å²) in [5, 5.41) is 16.2. The van der Waals surface area contributed by atoms with Crippen LogP contribution in [0, 0.1) is 0 Å². The van der Waals surface area contributed by atoms with Crippen LogP contribution >= 0.6 is 0 Å². The number of carbonyl (C=O) groups is 1. The van der Waals surface area contributed by atoms with E-state index in [1.54, 1.807) is 31.2 Å². The Bertz CT molecular complexity index is 215. The van der Waals surface area contributed by atoms with Crippen LogP contribution in [-0.4, -0.2) is 22.6 Å². The van der Waals surface area contributed by atoms with Crippen LogP contribution in [0.4, 0.5) is 0 Å². The number of hydrogen-bond acceptors (Lipinski definition) is 3. The van der Waals surface area contributed by atoms with Gasteiger partial charge in [-0.15, -0.1) is 0 Å². The molecule has 0 aromatic heterocycles. The first-order valence-corrected chi connectivity index (χ1v) is 4.36. The predicted octanol–water partition coefficient (Wildman–Crippen LogP) is 1.99. The summed E-state index contributed by atoms with van der Waals surface area (Å²) in [6, 6.07) is 8.71. The molecule has 0 saturated heterocycles. The molecule has 0 amide bonds. The molecule has 0 atom stereocenters. The fourth-order valence-corrected chi connectivity index (χ4v) is 0.428. The van der Waals surface area contributed by atoms with Crippen molar-refractivity contribution in [3.63, 3.8) is 0 Å². The maximum atomic E-state index is 9.44. The van der Waals surface area contributed by atoms with Gasteiger partial charge in [-0.1, -0.05) is 18.2 Å². The minimum Gasteiger partial charge on any atom is -0.508 e. The Morgan fingerprint density at radius 2 is 1.50 bits per heavy atom. The summed E-state index contributed by atoms with van der Waals surface area (Å²) in [4.78, 5) is 9.44. The van der Waals surface area contributed by atoms with Gasteiger partial charge in [0.05, 0.1) is 0 Å². The number of phenolic OH excluding ortho intramolecular Hbond substituents is 1. The van der Waals surface area contributed by atoms with E-state index in [-0.39, 0.29) is 12.4 Å². The molecular weight excluding hydrogens is 180 g/mol. The Morgan fingerprint density at radius 1 is 1.21 bits per heavy atom. The first kappa shape index (κ1) is 15.1. The van der Waals surface area contributed by atoms with E-state index in [4.69, 9.17) is 10.2 Å². The summed E-state index contributed by atoms with van der Waals surface area (Å²) in [5.41, 5.74) is 0. The van der Waals surface area contributed by atoms with E-state index < -0.39 is 0 Å². The number of aliphatic hydroxyl groups excluding tert-OH is 1. The van der Waals surface area contributed by atoms with Crippen LogP contribution in [0.15, 0.2) is 30.3 Å². The second kappa shape index (κ2) is 11.6. The normalized spacial score (nSPS) is 7.43. The average molecular weight is 198 g/mol. The summed E-state index contributed by atoms with van der Waals surface area (Å²) in [6.07, 6.45) is 0. The second-order valence-corrected chi connectivity index (χ2v) is 2.56. The highest BCUT2D eigenvalue weighted by Crippen LogP contribution is 2.02. The molecule has 0 aliphatic rings. The van der Waals surface area contributed by atoms with Gasteiger partial charge in [-0.3, -0.25) is 0 Å². The van der Waals surface area contributed by atoms with Gasteiger partial charge in [0.1, 0.15) is 11.5 Å². The fraction of sp³-hybridized carbons (Fsp3) is 0.364. The third kappa shape index (κ3) is 22.4. The van der Waals surface area contributed by atoms with Gasteiger partial charge in [0.2, 0.25) is 0 Å². The number of carbonyl (C=O) groups excluding carboxylic acids is 1. The molecule has 0 spiro atoms. The molecule has 0 unspecified atom stereocenters. The molecule has 1 aromatic carbocycles. The number of ketones is 1. The summed E-state index contributed by atoms with van der Waals surface area (Å²) >= 11 is 0. The van der Waals surface area contributed by atoms with E-state index in [2.05, 4.69) is 0 Å². The van der Waals surface area contributed by atoms with Gasteiger partial charge < -0.3 is 15.0 Å². The van der Waals surface area contributed by atoms with Gasteiger partial charge in [-0.2, -0.15) is 0 Å². The maximum absolute atomic E-state index is 9.44. The Morgan fingerprint density at radius 3 is 1.64 bits per heavy atom. The SMILES string of the molecule is CC(C)=O.CCO.Oc1ccccc1. The summed E-state index contributed by atoms with van der Waals surface area (Å²) < 4.78 is 0. The number of Topliss-reactive ketones (excluding diaryl/α,β-unsaturated/α-hetero) is 1. The third-order valence-electron chi connectivity index (χ3n) is 0.756. The van der Waals surface area contributed by atoms with Crippen LogP contribution in [0.25, 0.3) is 0 Å². The third-order valence-corrected chi connectivity index (χ3v) is 0.756. The molecule has 1 aromatic rings. The van der Waals surface area contributed by atoms with Crippen molar-refractivity contribution in [2.75, 3.05) is 6.61 Å². The molecule has 0 aliphatic heterocycles. The first-order valence-electron chi connectivity index (χ1n) is 4.36. The Hall–Kier alpha value is -1.35. The van der Waals surface area contributed by atoms with Crippen molar-refractivity contribution in [3.8, 4) is 5.75 Å². The molecule has 80 valence electrons. The number of hydrogen-bond donors (Lipinski definition) is 2. The Kier molecular flexibility index (Phi) is 12.6. The van der Waals surface area contributed by atoms with Crippen LogP contribution in [0.5, 0.6) is 5.75 Å². The van der Waals surface area contributed by atoms with Crippen molar-refractivity contribution < 1.29 is 15.0 Å². The first-order chi connectivity index (χ1) is 6.54. The Labute approximate surface area is 85.0 Å². The van der Waals surface area contributed by atoms with Crippen molar-refractivity contribution in [1.82, 2.24) is 0 Å². The number of rotatable bonds is 0. The van der Waals surface area contributed by atoms with Gasteiger partial charge in [0, 0.05) is 6.61 Å². The molecule has 0 saturated carbocycles. The van der Waals surface area contributed by atoms with Crippen molar-refractivity contribution in [2.45, 2.75) is 20.8 Å². The standard InChI is InChI=1S/C6H6O.C3H6O.C2H6O/c7-6-4-2-1-3-5-6;1-3(2)4;1-2-3/h1-5,7H;1-2H3;3H,2H2,1H3. The molecule has 0 aliphatic carbocycles. The zero-order valence-corrected chi connectivity index (χ0v) is 8.90. The minimum atomic E-state index is 0.167. The lowest BCUT2D eigenvalue weighted by Gasteiger charge is -1.82. The van der Waals surface area contributed by atoms with E-state index in [0.29, 0.717) is 5.75 Å². The van der Waals surface area contributed by atoms with Crippen molar-refractivity contribution in [1.29, 1.82) is 0 Å². The summed E-state index contributed by atoms with van der Waals surface area (Å²) in [5.74, 6) is 0.488. The maximum Gasteiger partial charge on any atom is 0.126 e. The summed E-state index contributed by atoms with van der Waals surface area (Å²) in [7, 11) is 0. The molecule has 3 nitrogen and oxygen atoms in total. The van der Waals surface area contributed by atoms with E-state index in [1.807, 2.05) is 6.07 Å². The fourth-order valence-electron chi connectivity index (χ4n) is 0.428. The molecule has 3 heteroatoms. The number of aliphatic hydroxyl groups is 1. The minimum absolute atomic E-state index is 0.167. The molecule has 2 N–H and O–H groups in total. The van der Waals surface area contributed by atoms with E-state index >= 15 is 0 Å². The van der Waals surface area contributed by atoms with Crippen LogP contribution < -0.4 is 0 Å². The largest absolute Gasteiger partial charge is 0.508 e. The van der Waals surface area contributed by atoms with Crippen molar-refractivity contribution in [3.05, 3.63) is 30.3 Å². The zero-order valence-electron chi connectivity index (χ0n) is 8.90. The molecule has 14 heavy (non-hydrogen) atoms. The van der Waals surface area contributed by atoms with E-state index in [9.17, 15) is 4.79 Å². The number of aromatic hydroxyl groups is 1. The van der Waals surface area contributed by atoms with Crippen LogP contribution in [0.1, 0.15) is 20.8 Å². The zero-order chi connectivity index (χ0) is 11.4. The molecule has 1 rings (SSSR count). The predicted molar refractivity (Wildman–Crippen MR) is 57.2 cm³/mol. The van der Waals surface area contributed by atoms with Gasteiger partial charge in [0.15, 0.2) is 0 Å².